The summed E-state index contributed by atoms with van der Waals surface area (Å²) in [5.41, 5.74) is 3.16. The number of Topliss-reactive ketones (excluding diaryl/α,β-unsaturated/α-hetero) is 1. The first kappa shape index (κ1) is 29.9. The Morgan fingerprint density at radius 3 is 2.73 bits per heavy atom. The molecule has 1 N–H and O–H groups in total. The van der Waals surface area contributed by atoms with Crippen LogP contribution in [0, 0.1) is 0 Å². The van der Waals surface area contributed by atoms with E-state index in [4.69, 9.17) is 9.47 Å². The Morgan fingerprint density at radius 1 is 1.07 bits per heavy atom. The predicted octanol–water partition coefficient (Wildman–Crippen LogP) is 7.35. The number of aromatic nitrogens is 2. The maximum atomic E-state index is 13.7. The second-order valence-electron chi connectivity index (χ2n) is 10.9. The maximum Gasteiger partial charge on any atom is 0.301 e. The van der Waals surface area contributed by atoms with Crippen LogP contribution < -0.4 is 14.4 Å². The molecule has 4 aromatic rings. The number of hydrogen-bond donors (Lipinski definition) is 1. The minimum atomic E-state index is -0.919. The summed E-state index contributed by atoms with van der Waals surface area (Å²) in [6.07, 6.45) is 3.79. The highest BCUT2D eigenvalue weighted by Gasteiger charge is 2.48. The van der Waals surface area contributed by atoms with Crippen molar-refractivity contribution < 1.29 is 24.2 Å². The molecule has 0 radical (unpaired) electrons. The van der Waals surface area contributed by atoms with E-state index in [1.54, 1.807) is 12.1 Å². The molecule has 0 unspecified atom stereocenters. The summed E-state index contributed by atoms with van der Waals surface area (Å²) in [7, 11) is 0. The molecular formula is C34H33N3O5S2. The van der Waals surface area contributed by atoms with Gasteiger partial charge in [-0.1, -0.05) is 85.3 Å². The molecule has 1 fully saturated rings. The lowest BCUT2D eigenvalue weighted by Crippen LogP contribution is -2.29. The Kier molecular flexibility index (Phi) is 8.99. The van der Waals surface area contributed by atoms with Gasteiger partial charge < -0.3 is 14.6 Å². The van der Waals surface area contributed by atoms with Crippen LogP contribution in [0.3, 0.4) is 0 Å². The molecule has 2 aliphatic rings. The number of fused-ring (bicyclic) bond motifs is 1. The van der Waals surface area contributed by atoms with Crippen molar-refractivity contribution in [3.63, 3.8) is 0 Å². The third-order valence-electron chi connectivity index (χ3n) is 7.61. The van der Waals surface area contributed by atoms with Crippen LogP contribution in [0.1, 0.15) is 61.4 Å². The van der Waals surface area contributed by atoms with Crippen molar-refractivity contribution in [3.05, 3.63) is 101 Å². The molecule has 44 heavy (non-hydrogen) atoms. The van der Waals surface area contributed by atoms with Gasteiger partial charge in [-0.05, 0) is 60.4 Å². The number of thioether (sulfide) groups is 1. The number of amides is 1. The van der Waals surface area contributed by atoms with Gasteiger partial charge in [0.25, 0.3) is 5.78 Å². The fourth-order valence-electron chi connectivity index (χ4n) is 5.46. The standard InChI is InChI=1S/C34H33N3O5S2/c1-3-4-8-16-41-26-13-9-12-23(19-26)29-28(30(38)24-14-15-27-25(18-24)17-21(2)42-27)31(39)32(40)37(29)33-35-36-34(44-33)43-20-22-10-6-5-7-11-22/h5-7,9-15,18-19,21,29,38H,3-4,8,16-17,20H2,1-2H3/t21-,29+/m0/s1. The molecule has 0 saturated carbocycles. The van der Waals surface area contributed by atoms with Crippen molar-refractivity contribution in [1.82, 2.24) is 10.2 Å². The average Bonchev–Trinajstić information content (AvgIpc) is 3.73. The summed E-state index contributed by atoms with van der Waals surface area (Å²) in [6, 6.07) is 21.8. The quantitative estimate of drug-likeness (QED) is 0.0460. The molecular weight excluding hydrogens is 595 g/mol. The van der Waals surface area contributed by atoms with E-state index in [9.17, 15) is 14.7 Å². The number of rotatable bonds is 11. The lowest BCUT2D eigenvalue weighted by Gasteiger charge is -2.23. The van der Waals surface area contributed by atoms with Gasteiger partial charge in [-0.3, -0.25) is 14.5 Å². The zero-order chi connectivity index (χ0) is 30.6. The molecule has 0 aliphatic carbocycles. The van der Waals surface area contributed by atoms with Crippen molar-refractivity contribution in [2.24, 2.45) is 0 Å². The number of aliphatic hydroxyl groups excluding tert-OH is 1. The molecule has 3 heterocycles. The van der Waals surface area contributed by atoms with Crippen molar-refractivity contribution in [3.8, 4) is 11.5 Å². The summed E-state index contributed by atoms with van der Waals surface area (Å²) in [5.74, 6) is 0.295. The van der Waals surface area contributed by atoms with E-state index in [2.05, 4.69) is 17.1 Å². The first-order valence-electron chi connectivity index (χ1n) is 14.8. The average molecular weight is 628 g/mol. The van der Waals surface area contributed by atoms with Crippen LogP contribution in [0.2, 0.25) is 0 Å². The van der Waals surface area contributed by atoms with Crippen LogP contribution in [-0.2, 0) is 21.8 Å². The molecule has 6 rings (SSSR count). The monoisotopic (exact) mass is 627 g/mol. The summed E-state index contributed by atoms with van der Waals surface area (Å²) in [6.45, 7) is 4.68. The number of carbonyl (C=O) groups is 2. The zero-order valence-corrected chi connectivity index (χ0v) is 26.2. The van der Waals surface area contributed by atoms with Crippen LogP contribution in [-0.4, -0.2) is 39.7 Å². The van der Waals surface area contributed by atoms with E-state index in [1.807, 2.05) is 67.6 Å². The number of benzene rings is 3. The Hall–Kier alpha value is -4.15. The van der Waals surface area contributed by atoms with Crippen LogP contribution >= 0.6 is 23.1 Å². The van der Waals surface area contributed by atoms with Crippen molar-refractivity contribution in [2.45, 2.75) is 61.8 Å². The van der Waals surface area contributed by atoms with Gasteiger partial charge in [0, 0.05) is 17.7 Å². The SMILES string of the molecule is CCCCCOc1cccc([C@@H]2C(=C(O)c3ccc4c(c3)C[C@H](C)O4)C(=O)C(=O)N2c2nnc(SCc3ccccc3)s2)c1. The van der Waals surface area contributed by atoms with Crippen molar-refractivity contribution >= 4 is 45.7 Å². The van der Waals surface area contributed by atoms with E-state index in [0.29, 0.717) is 40.0 Å². The van der Waals surface area contributed by atoms with Crippen molar-refractivity contribution in [2.75, 3.05) is 11.5 Å². The van der Waals surface area contributed by atoms with Crippen LogP contribution in [0.5, 0.6) is 11.5 Å². The summed E-state index contributed by atoms with van der Waals surface area (Å²) in [4.78, 5) is 28.8. The van der Waals surface area contributed by atoms with Gasteiger partial charge in [-0.2, -0.15) is 0 Å². The third-order valence-corrected chi connectivity index (χ3v) is 9.74. The highest BCUT2D eigenvalue weighted by atomic mass is 32.2. The van der Waals surface area contributed by atoms with Crippen LogP contribution in [0.4, 0.5) is 5.13 Å². The molecule has 1 saturated heterocycles. The zero-order valence-electron chi connectivity index (χ0n) is 24.6. The second kappa shape index (κ2) is 13.2. The van der Waals surface area contributed by atoms with Crippen LogP contribution in [0.15, 0.2) is 82.7 Å². The molecule has 1 amide bonds. The number of nitrogens with zero attached hydrogens (tertiary/aromatic N) is 3. The van der Waals surface area contributed by atoms with E-state index in [1.165, 1.54) is 28.0 Å². The predicted molar refractivity (Wildman–Crippen MR) is 172 cm³/mol. The summed E-state index contributed by atoms with van der Waals surface area (Å²) in [5, 5.41) is 20.6. The molecule has 226 valence electrons. The fourth-order valence-corrected chi connectivity index (χ4v) is 7.29. The number of carbonyl (C=O) groups excluding carboxylic acids is 2. The summed E-state index contributed by atoms with van der Waals surface area (Å²) >= 11 is 2.76. The second-order valence-corrected chi connectivity index (χ2v) is 13.1. The first-order valence-corrected chi connectivity index (χ1v) is 16.6. The first-order chi connectivity index (χ1) is 21.4. The maximum absolute atomic E-state index is 13.7. The van der Waals surface area contributed by atoms with Gasteiger partial charge in [-0.25, -0.2) is 0 Å². The Morgan fingerprint density at radius 2 is 1.91 bits per heavy atom. The summed E-state index contributed by atoms with van der Waals surface area (Å²) < 4.78 is 12.5. The van der Waals surface area contributed by atoms with Gasteiger partial charge in [0.05, 0.1) is 18.2 Å². The molecule has 10 heteroatoms. The van der Waals surface area contributed by atoms with E-state index >= 15 is 0 Å². The molecule has 3 aromatic carbocycles. The van der Waals surface area contributed by atoms with Gasteiger partial charge >= 0.3 is 5.91 Å². The lowest BCUT2D eigenvalue weighted by molar-refractivity contribution is -0.132. The number of aliphatic hydroxyl groups is 1. The normalized spacial score (nSPS) is 18.8. The minimum absolute atomic E-state index is 0.00117. The number of anilines is 1. The van der Waals surface area contributed by atoms with Gasteiger partial charge in [0.1, 0.15) is 23.4 Å². The molecule has 1 aromatic heterocycles. The topological polar surface area (TPSA) is 102 Å². The molecule has 0 bridgehead atoms. The Balaban J connectivity index is 1.38. The van der Waals surface area contributed by atoms with Crippen molar-refractivity contribution in [1.29, 1.82) is 0 Å². The number of ketones is 1. The molecule has 8 nitrogen and oxygen atoms in total. The number of unbranched alkanes of at least 4 members (excludes halogenated alkanes) is 2. The lowest BCUT2D eigenvalue weighted by atomic mass is 9.94. The largest absolute Gasteiger partial charge is 0.507 e. The molecule has 2 aliphatic heterocycles. The number of hydrogen-bond acceptors (Lipinski definition) is 9. The Labute approximate surface area is 264 Å². The minimum Gasteiger partial charge on any atom is -0.507 e. The van der Waals surface area contributed by atoms with E-state index in [-0.39, 0.29) is 22.6 Å². The van der Waals surface area contributed by atoms with Gasteiger partial charge in [0.15, 0.2) is 4.34 Å². The van der Waals surface area contributed by atoms with Gasteiger partial charge in [-0.15, -0.1) is 10.2 Å². The Bertz CT molecular complexity index is 1700. The number of ether oxygens (including phenoxy) is 2. The smallest absolute Gasteiger partial charge is 0.301 e. The van der Waals surface area contributed by atoms with Gasteiger partial charge in [0.2, 0.25) is 5.13 Å². The fraction of sp³-hybridized carbons (Fsp3) is 0.294. The molecule has 0 spiro atoms. The highest BCUT2D eigenvalue weighted by Crippen LogP contribution is 2.45. The van der Waals surface area contributed by atoms with E-state index < -0.39 is 17.7 Å². The third kappa shape index (κ3) is 6.23. The van der Waals surface area contributed by atoms with Crippen LogP contribution in [0.25, 0.3) is 5.76 Å². The molecule has 2 atom stereocenters. The van der Waals surface area contributed by atoms with E-state index in [0.717, 1.165) is 36.1 Å². The highest BCUT2D eigenvalue weighted by molar-refractivity contribution is 8.00.